The zero-order valence-corrected chi connectivity index (χ0v) is 27.0. The molecule has 0 bridgehead atoms. The first-order valence-corrected chi connectivity index (χ1v) is 15.2. The number of benzene rings is 4. The number of carboxylic acid groups (broad SMARTS) is 1. The molecule has 0 aliphatic carbocycles. The number of rotatable bonds is 9. The van der Waals surface area contributed by atoms with Crippen LogP contribution in [0.3, 0.4) is 0 Å². The zero-order valence-electron chi connectivity index (χ0n) is 27.0. The van der Waals surface area contributed by atoms with Crippen LogP contribution in [0.1, 0.15) is 34.6 Å². The number of phenols is 1. The van der Waals surface area contributed by atoms with E-state index >= 15 is 0 Å². The number of azo groups is 2. The topological polar surface area (TPSA) is 253 Å². The van der Waals surface area contributed by atoms with Crippen molar-refractivity contribution in [3.8, 4) is 5.75 Å². The summed E-state index contributed by atoms with van der Waals surface area (Å²) in [6.45, 7) is 3.21. The number of hydrogen-bond acceptors (Lipinski definition) is 13. The Morgan fingerprint density at radius 1 is 0.706 bits per heavy atom. The molecule has 6 rings (SSSR count). The van der Waals surface area contributed by atoms with E-state index in [9.17, 15) is 29.4 Å². The number of aromatic carboxylic acids is 1. The number of nitrogens with zero attached hydrogens (tertiary/aromatic N) is 8. The lowest BCUT2D eigenvalue weighted by atomic mass is 10.1. The standard InChI is InChI=1S/C34H29N11O6/c1-17-29(32(48)44(42-17)22-8-3-19(35)4-9-22)40-38-27-14-7-21(15-26(27)34(50)51)37-31(47)25-13-12-24(46)16-28(25)39-41-30-18(2)43-45(33(30)49)23-10-5-20(36)6-11-23/h3-16,29-30,46H,35-36H2,1-2H3,(H,37,47)(H,50,51). The number of nitrogens with two attached hydrogens (primary N) is 2. The number of aromatic hydroxyl groups is 1. The van der Waals surface area contributed by atoms with Gasteiger partial charge in [-0.2, -0.15) is 40.7 Å². The van der Waals surface area contributed by atoms with Crippen LogP contribution in [-0.4, -0.2) is 57.4 Å². The van der Waals surface area contributed by atoms with Crippen molar-refractivity contribution >= 4 is 74.9 Å². The highest BCUT2D eigenvalue weighted by Crippen LogP contribution is 2.31. The fraction of sp³-hybridized carbons (Fsp3) is 0.118. The van der Waals surface area contributed by atoms with E-state index in [1.165, 1.54) is 46.4 Å². The van der Waals surface area contributed by atoms with E-state index < -0.39 is 35.8 Å². The van der Waals surface area contributed by atoms with Crippen LogP contribution >= 0.6 is 0 Å². The molecule has 0 saturated heterocycles. The molecule has 0 spiro atoms. The molecule has 2 aliphatic rings. The number of phenolic OH excluding ortho intramolecular Hbond substituents is 1. The Morgan fingerprint density at radius 3 is 1.73 bits per heavy atom. The van der Waals surface area contributed by atoms with Crippen LogP contribution in [0.2, 0.25) is 0 Å². The molecule has 0 fully saturated rings. The Labute approximate surface area is 289 Å². The Bertz CT molecular complexity index is 2200. The summed E-state index contributed by atoms with van der Waals surface area (Å²) in [5.74, 6) is -3.26. The fourth-order valence-electron chi connectivity index (χ4n) is 5.08. The van der Waals surface area contributed by atoms with Crippen molar-refractivity contribution in [1.82, 2.24) is 0 Å². The molecule has 7 N–H and O–H groups in total. The summed E-state index contributed by atoms with van der Waals surface area (Å²) >= 11 is 0. The minimum Gasteiger partial charge on any atom is -0.508 e. The van der Waals surface area contributed by atoms with Crippen molar-refractivity contribution < 1.29 is 29.4 Å². The maximum Gasteiger partial charge on any atom is 0.338 e. The molecule has 2 aliphatic heterocycles. The first kappa shape index (κ1) is 33.6. The number of carbonyl (C=O) groups excluding carboxylic acids is 3. The zero-order chi connectivity index (χ0) is 36.4. The van der Waals surface area contributed by atoms with Gasteiger partial charge in [-0.1, -0.05) is 0 Å². The second-order valence-corrected chi connectivity index (χ2v) is 11.4. The summed E-state index contributed by atoms with van der Waals surface area (Å²) in [4.78, 5) is 51.7. The van der Waals surface area contributed by atoms with E-state index in [1.807, 2.05) is 0 Å². The highest BCUT2D eigenvalue weighted by molar-refractivity contribution is 6.19. The molecule has 0 saturated carbocycles. The van der Waals surface area contributed by atoms with Crippen LogP contribution < -0.4 is 26.8 Å². The van der Waals surface area contributed by atoms with Crippen molar-refractivity contribution in [2.75, 3.05) is 26.8 Å². The van der Waals surface area contributed by atoms with Gasteiger partial charge < -0.3 is 27.0 Å². The lowest BCUT2D eigenvalue weighted by molar-refractivity contribution is -0.118. The molecule has 2 unspecified atom stereocenters. The van der Waals surface area contributed by atoms with Gasteiger partial charge in [0.05, 0.1) is 39.6 Å². The number of carboxylic acids is 1. The van der Waals surface area contributed by atoms with Gasteiger partial charge in [-0.05, 0) is 92.7 Å². The normalized spacial score (nSPS) is 17.4. The van der Waals surface area contributed by atoms with E-state index in [1.54, 1.807) is 62.4 Å². The Morgan fingerprint density at radius 2 is 1.22 bits per heavy atom. The van der Waals surface area contributed by atoms with E-state index in [-0.39, 0.29) is 33.9 Å². The summed E-state index contributed by atoms with van der Waals surface area (Å²) in [6, 6.07) is 18.5. The largest absolute Gasteiger partial charge is 0.508 e. The van der Waals surface area contributed by atoms with Crippen LogP contribution in [0.4, 0.5) is 39.8 Å². The van der Waals surface area contributed by atoms with Crippen molar-refractivity contribution in [2.24, 2.45) is 30.7 Å². The fourth-order valence-corrected chi connectivity index (χ4v) is 5.08. The third-order valence-corrected chi connectivity index (χ3v) is 7.74. The molecule has 2 heterocycles. The van der Waals surface area contributed by atoms with Gasteiger partial charge >= 0.3 is 5.97 Å². The average Bonchev–Trinajstić information content (AvgIpc) is 3.55. The lowest BCUT2D eigenvalue weighted by Crippen LogP contribution is -2.29. The second-order valence-electron chi connectivity index (χ2n) is 11.4. The highest BCUT2D eigenvalue weighted by atomic mass is 16.4. The second kappa shape index (κ2) is 13.7. The summed E-state index contributed by atoms with van der Waals surface area (Å²) < 4.78 is 0. The molecule has 3 amide bonds. The smallest absolute Gasteiger partial charge is 0.338 e. The number of hydrazone groups is 2. The van der Waals surface area contributed by atoms with Crippen LogP contribution in [0.15, 0.2) is 116 Å². The predicted octanol–water partition coefficient (Wildman–Crippen LogP) is 5.26. The van der Waals surface area contributed by atoms with Gasteiger partial charge in [0, 0.05) is 23.1 Å². The van der Waals surface area contributed by atoms with Crippen molar-refractivity contribution in [3.63, 3.8) is 0 Å². The van der Waals surface area contributed by atoms with Gasteiger partial charge in [-0.25, -0.2) is 4.79 Å². The summed E-state index contributed by atoms with van der Waals surface area (Å²) in [5, 5.41) is 49.9. The molecular formula is C34H29N11O6. The monoisotopic (exact) mass is 687 g/mol. The molecule has 17 nitrogen and oxygen atoms in total. The van der Waals surface area contributed by atoms with Crippen LogP contribution in [0, 0.1) is 0 Å². The molecule has 0 radical (unpaired) electrons. The van der Waals surface area contributed by atoms with Crippen LogP contribution in [-0.2, 0) is 9.59 Å². The predicted molar refractivity (Wildman–Crippen MR) is 189 cm³/mol. The lowest BCUT2D eigenvalue weighted by Gasteiger charge is -2.13. The maximum atomic E-state index is 13.4. The molecule has 256 valence electrons. The number of amides is 3. The van der Waals surface area contributed by atoms with Crippen LogP contribution in [0.5, 0.6) is 5.75 Å². The first-order valence-electron chi connectivity index (χ1n) is 15.2. The number of carbonyl (C=O) groups is 4. The maximum absolute atomic E-state index is 13.4. The number of nitrogens with one attached hydrogen (secondary N) is 1. The van der Waals surface area contributed by atoms with Crippen molar-refractivity contribution in [1.29, 1.82) is 0 Å². The minimum absolute atomic E-state index is 0.0345. The molecule has 2 atom stereocenters. The van der Waals surface area contributed by atoms with Gasteiger partial charge in [0.15, 0.2) is 12.1 Å². The highest BCUT2D eigenvalue weighted by Gasteiger charge is 2.36. The van der Waals surface area contributed by atoms with Gasteiger partial charge in [0.25, 0.3) is 17.7 Å². The van der Waals surface area contributed by atoms with E-state index in [0.29, 0.717) is 34.2 Å². The van der Waals surface area contributed by atoms with E-state index in [4.69, 9.17) is 11.5 Å². The summed E-state index contributed by atoms with van der Waals surface area (Å²) in [5.41, 5.74) is 13.8. The Hall–Kier alpha value is -7.30. The number of anilines is 5. The summed E-state index contributed by atoms with van der Waals surface area (Å²) in [6.07, 6.45) is 0. The van der Waals surface area contributed by atoms with Crippen molar-refractivity contribution in [3.05, 3.63) is 96.1 Å². The Kier molecular flexibility index (Phi) is 9.00. The van der Waals surface area contributed by atoms with Gasteiger partial charge in [0.2, 0.25) is 0 Å². The third-order valence-electron chi connectivity index (χ3n) is 7.74. The van der Waals surface area contributed by atoms with Gasteiger partial charge in [-0.15, -0.1) is 0 Å². The van der Waals surface area contributed by atoms with E-state index in [2.05, 4.69) is 36.0 Å². The SMILES string of the molecule is CC1=NN(c2ccc(N)cc2)C(=O)C1N=Nc1ccc(NC(=O)c2ccc(O)cc2N=NC2C(=O)N(c3ccc(N)cc3)N=C2C)cc1C(=O)O. The molecule has 17 heteroatoms. The summed E-state index contributed by atoms with van der Waals surface area (Å²) in [7, 11) is 0. The Balaban J connectivity index is 1.18. The van der Waals surface area contributed by atoms with Crippen molar-refractivity contribution in [2.45, 2.75) is 25.9 Å². The molecule has 51 heavy (non-hydrogen) atoms. The third kappa shape index (κ3) is 6.98. The minimum atomic E-state index is -1.36. The number of hydrogen-bond donors (Lipinski definition) is 5. The molecule has 0 aromatic heterocycles. The number of nitrogen functional groups attached to an aromatic ring is 2. The molecule has 4 aromatic rings. The molecule has 4 aromatic carbocycles. The van der Waals surface area contributed by atoms with Gasteiger partial charge in [0.1, 0.15) is 11.4 Å². The van der Waals surface area contributed by atoms with Crippen LogP contribution in [0.25, 0.3) is 0 Å². The van der Waals surface area contributed by atoms with Gasteiger partial charge in [-0.3, -0.25) is 14.4 Å². The van der Waals surface area contributed by atoms with E-state index in [0.717, 1.165) is 0 Å². The average molecular weight is 688 g/mol. The quantitative estimate of drug-likeness (QED) is 0.114. The molecular weight excluding hydrogens is 658 g/mol. The first-order chi connectivity index (χ1) is 24.4.